The molecule has 30 heavy (non-hydrogen) atoms. The monoisotopic (exact) mass is 527 g/mol. The molecule has 0 aliphatic carbocycles. The first-order valence-electron chi connectivity index (χ1n) is 9.39. The van der Waals surface area contributed by atoms with E-state index in [9.17, 15) is 0 Å². The van der Waals surface area contributed by atoms with Crippen LogP contribution in [0, 0.1) is 6.92 Å². The molecule has 1 N–H and O–H groups in total. The van der Waals surface area contributed by atoms with Crippen LogP contribution in [0.1, 0.15) is 23.6 Å². The Bertz CT molecular complexity index is 1040. The third-order valence-electron chi connectivity index (χ3n) is 4.42. The normalized spacial score (nSPS) is 10.7. The van der Waals surface area contributed by atoms with E-state index in [2.05, 4.69) is 21.2 Å². The second-order valence-corrected chi connectivity index (χ2v) is 8.79. The molecular formula is C23H21BrCl3NO2. The Kier molecular flexibility index (Phi) is 8.18. The Balaban J connectivity index is 1.76. The molecule has 3 aromatic rings. The first kappa shape index (κ1) is 23.1. The van der Waals surface area contributed by atoms with Crippen LogP contribution in [-0.2, 0) is 13.2 Å². The first-order chi connectivity index (χ1) is 14.4. The van der Waals surface area contributed by atoms with Gasteiger partial charge >= 0.3 is 0 Å². The van der Waals surface area contributed by atoms with Crippen LogP contribution < -0.4 is 14.8 Å². The SMILES string of the molecule is CCOc1cc(CNc2ccc(C)c(Cl)c2)cc(Br)c1OCc1ccc(Cl)cc1Cl. The maximum atomic E-state index is 6.26. The van der Waals surface area contributed by atoms with Crippen molar-refractivity contribution < 1.29 is 9.47 Å². The molecule has 0 saturated carbocycles. The predicted molar refractivity (Wildman–Crippen MR) is 130 cm³/mol. The lowest BCUT2D eigenvalue weighted by molar-refractivity contribution is 0.267. The predicted octanol–water partition coefficient (Wildman–Crippen LogP) is 8.31. The lowest BCUT2D eigenvalue weighted by Crippen LogP contribution is -2.04. The van der Waals surface area contributed by atoms with E-state index in [0.717, 1.165) is 31.9 Å². The molecular weight excluding hydrogens is 509 g/mol. The Hall–Kier alpha value is -1.59. The fraction of sp³-hybridized carbons (Fsp3) is 0.217. The number of hydrogen-bond acceptors (Lipinski definition) is 3. The molecule has 0 aliphatic heterocycles. The summed E-state index contributed by atoms with van der Waals surface area (Å²) in [5.41, 5.74) is 3.89. The smallest absolute Gasteiger partial charge is 0.175 e. The highest BCUT2D eigenvalue weighted by atomic mass is 79.9. The molecule has 0 amide bonds. The Morgan fingerprint density at radius 1 is 0.933 bits per heavy atom. The summed E-state index contributed by atoms with van der Waals surface area (Å²) in [7, 11) is 0. The third kappa shape index (κ3) is 5.98. The van der Waals surface area contributed by atoms with Gasteiger partial charge in [-0.25, -0.2) is 0 Å². The molecule has 0 fully saturated rings. The summed E-state index contributed by atoms with van der Waals surface area (Å²) < 4.78 is 12.7. The zero-order chi connectivity index (χ0) is 21.7. The molecule has 0 unspecified atom stereocenters. The molecule has 158 valence electrons. The van der Waals surface area contributed by atoms with E-state index < -0.39 is 0 Å². The maximum Gasteiger partial charge on any atom is 0.175 e. The first-order valence-corrected chi connectivity index (χ1v) is 11.3. The number of anilines is 1. The zero-order valence-electron chi connectivity index (χ0n) is 16.6. The van der Waals surface area contributed by atoms with E-state index >= 15 is 0 Å². The van der Waals surface area contributed by atoms with Crippen molar-refractivity contribution in [2.24, 2.45) is 0 Å². The van der Waals surface area contributed by atoms with Gasteiger partial charge in [-0.3, -0.25) is 0 Å². The van der Waals surface area contributed by atoms with Crippen molar-refractivity contribution in [1.29, 1.82) is 0 Å². The summed E-state index contributed by atoms with van der Waals surface area (Å²) in [4.78, 5) is 0. The molecule has 3 nitrogen and oxygen atoms in total. The average molecular weight is 530 g/mol. The van der Waals surface area contributed by atoms with Gasteiger partial charge in [0.2, 0.25) is 0 Å². The highest BCUT2D eigenvalue weighted by molar-refractivity contribution is 9.10. The van der Waals surface area contributed by atoms with Gasteiger partial charge < -0.3 is 14.8 Å². The molecule has 0 aromatic heterocycles. The topological polar surface area (TPSA) is 30.5 Å². The summed E-state index contributed by atoms with van der Waals surface area (Å²) in [6, 6.07) is 15.2. The molecule has 0 heterocycles. The number of nitrogens with one attached hydrogen (secondary N) is 1. The number of ether oxygens (including phenoxy) is 2. The van der Waals surface area contributed by atoms with Crippen LogP contribution in [0.3, 0.4) is 0 Å². The molecule has 0 saturated heterocycles. The molecule has 0 bridgehead atoms. The molecule has 3 aromatic carbocycles. The minimum Gasteiger partial charge on any atom is -0.490 e. The highest BCUT2D eigenvalue weighted by Crippen LogP contribution is 2.38. The van der Waals surface area contributed by atoms with Gasteiger partial charge in [-0.1, -0.05) is 46.9 Å². The Morgan fingerprint density at radius 3 is 2.43 bits per heavy atom. The molecule has 0 atom stereocenters. The Morgan fingerprint density at radius 2 is 1.73 bits per heavy atom. The largest absolute Gasteiger partial charge is 0.490 e. The van der Waals surface area contributed by atoms with Crippen LogP contribution in [0.15, 0.2) is 53.0 Å². The number of aryl methyl sites for hydroxylation is 1. The Labute approximate surface area is 200 Å². The van der Waals surface area contributed by atoms with Gasteiger partial charge in [-0.2, -0.15) is 0 Å². The van der Waals surface area contributed by atoms with E-state index in [-0.39, 0.29) is 0 Å². The van der Waals surface area contributed by atoms with Crippen LogP contribution in [0.4, 0.5) is 5.69 Å². The lowest BCUT2D eigenvalue weighted by atomic mass is 10.1. The van der Waals surface area contributed by atoms with Gasteiger partial charge in [0.1, 0.15) is 6.61 Å². The minimum atomic E-state index is 0.300. The van der Waals surface area contributed by atoms with Gasteiger partial charge in [0, 0.05) is 32.9 Å². The second-order valence-electron chi connectivity index (χ2n) is 6.68. The van der Waals surface area contributed by atoms with Gasteiger partial charge in [0.05, 0.1) is 11.1 Å². The van der Waals surface area contributed by atoms with Crippen LogP contribution in [-0.4, -0.2) is 6.61 Å². The van der Waals surface area contributed by atoms with Crippen molar-refractivity contribution >= 4 is 56.4 Å². The number of halogens is 4. The zero-order valence-corrected chi connectivity index (χ0v) is 20.4. The van der Waals surface area contributed by atoms with E-state index in [1.165, 1.54) is 0 Å². The summed E-state index contributed by atoms with van der Waals surface area (Å²) in [5, 5.41) is 5.27. The molecule has 0 radical (unpaired) electrons. The van der Waals surface area contributed by atoms with Gasteiger partial charge in [-0.15, -0.1) is 0 Å². The average Bonchev–Trinajstić information content (AvgIpc) is 2.70. The minimum absolute atomic E-state index is 0.300. The van der Waals surface area contributed by atoms with Crippen molar-refractivity contribution in [1.82, 2.24) is 0 Å². The molecule has 0 aliphatic rings. The van der Waals surface area contributed by atoms with E-state index in [1.54, 1.807) is 12.1 Å². The van der Waals surface area contributed by atoms with Crippen molar-refractivity contribution in [3.05, 3.63) is 84.8 Å². The van der Waals surface area contributed by atoms with Gasteiger partial charge in [-0.05, 0) is 77.3 Å². The van der Waals surface area contributed by atoms with E-state index in [4.69, 9.17) is 44.3 Å². The number of rotatable bonds is 8. The van der Waals surface area contributed by atoms with E-state index in [0.29, 0.717) is 41.3 Å². The number of benzene rings is 3. The summed E-state index contributed by atoms with van der Waals surface area (Å²) in [6.07, 6.45) is 0. The summed E-state index contributed by atoms with van der Waals surface area (Å²) in [6.45, 7) is 5.35. The van der Waals surface area contributed by atoms with Gasteiger partial charge in [0.25, 0.3) is 0 Å². The van der Waals surface area contributed by atoms with Crippen LogP contribution in [0.5, 0.6) is 11.5 Å². The van der Waals surface area contributed by atoms with Crippen LogP contribution in [0.2, 0.25) is 15.1 Å². The van der Waals surface area contributed by atoms with Crippen molar-refractivity contribution in [3.63, 3.8) is 0 Å². The second kappa shape index (κ2) is 10.6. The quantitative estimate of drug-likeness (QED) is 0.318. The third-order valence-corrected chi connectivity index (χ3v) is 6.01. The highest BCUT2D eigenvalue weighted by Gasteiger charge is 2.14. The number of hydrogen-bond donors (Lipinski definition) is 1. The van der Waals surface area contributed by atoms with Crippen molar-refractivity contribution in [2.45, 2.75) is 27.0 Å². The standard InChI is InChI=1S/C23H21BrCl3NO2/c1-3-29-22-9-15(12-28-18-7-4-14(2)20(26)11-18)8-19(24)23(22)30-13-16-5-6-17(25)10-21(16)27/h4-11,28H,3,12-13H2,1-2H3. The molecule has 0 spiro atoms. The maximum absolute atomic E-state index is 6.26. The fourth-order valence-corrected chi connectivity index (χ4v) is 4.07. The summed E-state index contributed by atoms with van der Waals surface area (Å²) in [5.74, 6) is 1.29. The van der Waals surface area contributed by atoms with Crippen molar-refractivity contribution in [3.8, 4) is 11.5 Å². The fourth-order valence-electron chi connectivity index (χ4n) is 2.82. The van der Waals surface area contributed by atoms with Gasteiger partial charge in [0.15, 0.2) is 11.5 Å². The summed E-state index contributed by atoms with van der Waals surface area (Å²) >= 11 is 22.0. The van der Waals surface area contributed by atoms with Crippen molar-refractivity contribution in [2.75, 3.05) is 11.9 Å². The van der Waals surface area contributed by atoms with Crippen LogP contribution >= 0.6 is 50.7 Å². The van der Waals surface area contributed by atoms with E-state index in [1.807, 2.05) is 50.2 Å². The molecule has 7 heteroatoms. The molecule has 3 rings (SSSR count). The lowest BCUT2D eigenvalue weighted by Gasteiger charge is -2.17. The van der Waals surface area contributed by atoms with Crippen LogP contribution in [0.25, 0.3) is 0 Å².